The number of carbonyl (C=O) groups is 1. The molecule has 2 aromatic heterocycles. The van der Waals surface area contributed by atoms with E-state index in [0.29, 0.717) is 5.69 Å². The second kappa shape index (κ2) is 6.95. The van der Waals surface area contributed by atoms with E-state index in [4.69, 9.17) is 4.74 Å². The number of aryl methyl sites for hydroxylation is 1. The van der Waals surface area contributed by atoms with Crippen LogP contribution < -0.4 is 10.1 Å². The first kappa shape index (κ1) is 15.7. The minimum atomic E-state index is -0.384. The Morgan fingerprint density at radius 2 is 1.92 bits per heavy atom. The molecule has 0 radical (unpaired) electrons. The molecule has 24 heavy (non-hydrogen) atoms. The lowest BCUT2D eigenvalue weighted by Crippen LogP contribution is -2.31. The summed E-state index contributed by atoms with van der Waals surface area (Å²) in [4.78, 5) is 21.0. The molecule has 0 spiro atoms. The van der Waals surface area contributed by atoms with Crippen molar-refractivity contribution in [1.82, 2.24) is 19.9 Å². The predicted molar refractivity (Wildman–Crippen MR) is 89.7 cm³/mol. The number of methoxy groups -OCH3 is 1. The van der Waals surface area contributed by atoms with Gasteiger partial charge >= 0.3 is 0 Å². The van der Waals surface area contributed by atoms with Crippen molar-refractivity contribution in [3.05, 3.63) is 78.1 Å². The van der Waals surface area contributed by atoms with E-state index in [0.717, 1.165) is 17.1 Å². The third-order valence-corrected chi connectivity index (χ3v) is 3.74. The van der Waals surface area contributed by atoms with Gasteiger partial charge in [-0.1, -0.05) is 18.2 Å². The normalized spacial score (nSPS) is 11.8. The highest BCUT2D eigenvalue weighted by Gasteiger charge is 2.21. The van der Waals surface area contributed by atoms with Gasteiger partial charge in [-0.15, -0.1) is 0 Å². The first-order valence-electron chi connectivity index (χ1n) is 7.52. The van der Waals surface area contributed by atoms with Crippen LogP contribution >= 0.6 is 0 Å². The molecule has 6 heteroatoms. The summed E-state index contributed by atoms with van der Waals surface area (Å²) in [5, 5.41) is 3.00. The van der Waals surface area contributed by atoms with Gasteiger partial charge in [-0.05, 0) is 29.8 Å². The van der Waals surface area contributed by atoms with Gasteiger partial charge in [-0.2, -0.15) is 0 Å². The minimum absolute atomic E-state index is 0.251. The van der Waals surface area contributed by atoms with E-state index < -0.39 is 0 Å². The van der Waals surface area contributed by atoms with Crippen LogP contribution in [0.3, 0.4) is 0 Å². The molecule has 1 aromatic carbocycles. The predicted octanol–water partition coefficient (Wildman–Crippen LogP) is 2.34. The van der Waals surface area contributed by atoms with Crippen LogP contribution in [-0.4, -0.2) is 27.6 Å². The van der Waals surface area contributed by atoms with E-state index in [-0.39, 0.29) is 11.9 Å². The number of pyridine rings is 1. The van der Waals surface area contributed by atoms with Gasteiger partial charge < -0.3 is 14.6 Å². The molecule has 0 aliphatic heterocycles. The van der Waals surface area contributed by atoms with Crippen molar-refractivity contribution in [2.45, 2.75) is 6.04 Å². The van der Waals surface area contributed by atoms with Gasteiger partial charge in [0, 0.05) is 25.6 Å². The zero-order chi connectivity index (χ0) is 16.9. The molecule has 1 atom stereocenters. The van der Waals surface area contributed by atoms with Crippen LogP contribution in [0.4, 0.5) is 0 Å². The van der Waals surface area contributed by atoms with E-state index in [9.17, 15) is 4.79 Å². The summed E-state index contributed by atoms with van der Waals surface area (Å²) in [6.45, 7) is 0. The smallest absolute Gasteiger partial charge is 0.270 e. The van der Waals surface area contributed by atoms with E-state index in [1.807, 2.05) is 42.1 Å². The fourth-order valence-electron chi connectivity index (χ4n) is 2.45. The second-order valence-corrected chi connectivity index (χ2v) is 5.29. The van der Waals surface area contributed by atoms with Crippen LogP contribution in [0.15, 0.2) is 61.1 Å². The molecular formula is C18H18N4O2. The van der Waals surface area contributed by atoms with Crippen molar-refractivity contribution in [3.63, 3.8) is 0 Å². The lowest BCUT2D eigenvalue weighted by Gasteiger charge is -2.19. The molecule has 3 rings (SSSR count). The van der Waals surface area contributed by atoms with E-state index in [1.54, 1.807) is 37.7 Å². The Hall–Kier alpha value is -3.15. The lowest BCUT2D eigenvalue weighted by molar-refractivity contribution is 0.0936. The van der Waals surface area contributed by atoms with Gasteiger partial charge in [0.25, 0.3) is 5.91 Å². The highest BCUT2D eigenvalue weighted by Crippen LogP contribution is 2.23. The number of imidazole rings is 1. The maximum Gasteiger partial charge on any atom is 0.270 e. The summed E-state index contributed by atoms with van der Waals surface area (Å²) in [6, 6.07) is 12.4. The van der Waals surface area contributed by atoms with Crippen LogP contribution in [0.5, 0.6) is 5.75 Å². The summed E-state index contributed by atoms with van der Waals surface area (Å²) in [6.07, 6.45) is 5.15. The zero-order valence-corrected chi connectivity index (χ0v) is 13.5. The number of ether oxygens (including phenoxy) is 1. The quantitative estimate of drug-likeness (QED) is 0.783. The molecule has 6 nitrogen and oxygen atoms in total. The van der Waals surface area contributed by atoms with Crippen LogP contribution in [0.25, 0.3) is 0 Å². The first-order chi connectivity index (χ1) is 11.7. The molecule has 0 bridgehead atoms. The number of nitrogens with one attached hydrogen (secondary N) is 1. The molecule has 122 valence electrons. The fourth-order valence-corrected chi connectivity index (χ4v) is 2.45. The molecule has 0 saturated heterocycles. The number of hydrogen-bond donors (Lipinski definition) is 1. The number of hydrogen-bond acceptors (Lipinski definition) is 4. The Bertz CT molecular complexity index is 813. The molecule has 0 fully saturated rings. The van der Waals surface area contributed by atoms with Crippen LogP contribution in [0, 0.1) is 0 Å². The number of aromatic nitrogens is 3. The molecule has 0 aliphatic rings. The van der Waals surface area contributed by atoms with Gasteiger partial charge in [-0.3, -0.25) is 9.78 Å². The van der Waals surface area contributed by atoms with E-state index in [1.165, 1.54) is 0 Å². The fraction of sp³-hybridized carbons (Fsp3) is 0.167. The lowest BCUT2D eigenvalue weighted by atomic mass is 10.1. The van der Waals surface area contributed by atoms with Crippen molar-refractivity contribution in [2.75, 3.05) is 7.11 Å². The van der Waals surface area contributed by atoms with Crippen molar-refractivity contribution in [2.24, 2.45) is 7.05 Å². The Morgan fingerprint density at radius 3 is 2.50 bits per heavy atom. The maximum absolute atomic E-state index is 12.5. The Kier molecular flexibility index (Phi) is 4.56. The molecule has 2 heterocycles. The van der Waals surface area contributed by atoms with Crippen molar-refractivity contribution in [1.29, 1.82) is 0 Å². The van der Waals surface area contributed by atoms with E-state index >= 15 is 0 Å². The molecule has 1 amide bonds. The molecule has 0 unspecified atom stereocenters. The Morgan fingerprint density at radius 1 is 1.12 bits per heavy atom. The van der Waals surface area contributed by atoms with Crippen molar-refractivity contribution in [3.8, 4) is 5.75 Å². The number of benzene rings is 1. The third-order valence-electron chi connectivity index (χ3n) is 3.74. The molecular weight excluding hydrogens is 304 g/mol. The van der Waals surface area contributed by atoms with Crippen molar-refractivity contribution >= 4 is 5.91 Å². The monoisotopic (exact) mass is 322 g/mol. The Labute approximate surface area is 140 Å². The highest BCUT2D eigenvalue weighted by molar-refractivity contribution is 5.92. The number of rotatable bonds is 5. The van der Waals surface area contributed by atoms with Gasteiger partial charge in [-0.25, -0.2) is 4.98 Å². The number of nitrogens with zero attached hydrogens (tertiary/aromatic N) is 3. The number of carbonyl (C=O) groups excluding carboxylic acids is 1. The maximum atomic E-state index is 12.5. The van der Waals surface area contributed by atoms with E-state index in [2.05, 4.69) is 15.3 Å². The van der Waals surface area contributed by atoms with Crippen LogP contribution in [0.1, 0.15) is 27.9 Å². The Balaban J connectivity index is 1.93. The largest absolute Gasteiger partial charge is 0.497 e. The summed E-state index contributed by atoms with van der Waals surface area (Å²) >= 11 is 0. The average molecular weight is 322 g/mol. The van der Waals surface area contributed by atoms with Gasteiger partial charge in [0.05, 0.1) is 7.11 Å². The molecule has 0 saturated carbocycles. The van der Waals surface area contributed by atoms with Crippen LogP contribution in [-0.2, 0) is 7.05 Å². The third kappa shape index (κ3) is 3.27. The van der Waals surface area contributed by atoms with Gasteiger partial charge in [0.1, 0.15) is 23.3 Å². The summed E-state index contributed by atoms with van der Waals surface area (Å²) in [5.41, 5.74) is 1.28. The van der Waals surface area contributed by atoms with Crippen molar-refractivity contribution < 1.29 is 9.53 Å². The molecule has 1 N–H and O–H groups in total. The number of amides is 1. The summed E-state index contributed by atoms with van der Waals surface area (Å²) in [5.74, 6) is 1.25. The zero-order valence-electron chi connectivity index (χ0n) is 13.5. The second-order valence-electron chi connectivity index (χ2n) is 5.29. The first-order valence-corrected chi connectivity index (χ1v) is 7.52. The minimum Gasteiger partial charge on any atom is -0.497 e. The van der Waals surface area contributed by atoms with Gasteiger partial charge in [0.2, 0.25) is 0 Å². The molecule has 0 aliphatic carbocycles. The molecule has 3 aromatic rings. The summed E-state index contributed by atoms with van der Waals surface area (Å²) < 4.78 is 7.08. The SMILES string of the molecule is COc1ccc([C@@H](NC(=O)c2ccccn2)c2nccn2C)cc1. The van der Waals surface area contributed by atoms with Gasteiger partial charge in [0.15, 0.2) is 0 Å². The van der Waals surface area contributed by atoms with Crippen LogP contribution in [0.2, 0.25) is 0 Å². The highest BCUT2D eigenvalue weighted by atomic mass is 16.5. The topological polar surface area (TPSA) is 69.0 Å². The average Bonchev–Trinajstić information content (AvgIpc) is 3.06. The standard InChI is InChI=1S/C18H18N4O2/c1-22-12-11-20-17(22)16(13-6-8-14(24-2)9-7-13)21-18(23)15-5-3-4-10-19-15/h3-12,16H,1-2H3,(H,21,23)/t16-/m1/s1. The summed E-state index contributed by atoms with van der Waals surface area (Å²) in [7, 11) is 3.51.